The number of fused-ring (bicyclic) bond motifs is 3. The normalized spacial score (nSPS) is 21.1. The molecule has 0 spiro atoms. The Bertz CT molecular complexity index is 459. The summed E-state index contributed by atoms with van der Waals surface area (Å²) in [6, 6.07) is 6.59. The smallest absolute Gasteiger partial charge is 0.122 e. The number of benzene rings is 1. The molecular weight excluding hydrogens is 198 g/mol. The summed E-state index contributed by atoms with van der Waals surface area (Å²) in [6.45, 7) is 0.830. The van der Waals surface area contributed by atoms with Crippen LogP contribution in [0.5, 0.6) is 5.75 Å². The van der Waals surface area contributed by atoms with E-state index in [0.29, 0.717) is 12.3 Å². The van der Waals surface area contributed by atoms with Crippen molar-refractivity contribution in [2.45, 2.75) is 38.0 Å². The molecule has 0 saturated heterocycles. The summed E-state index contributed by atoms with van der Waals surface area (Å²) in [4.78, 5) is 0. The lowest BCUT2D eigenvalue weighted by molar-refractivity contribution is 0.357. The van der Waals surface area contributed by atoms with Gasteiger partial charge in [-0.05, 0) is 42.4 Å². The predicted octanol–water partition coefficient (Wildman–Crippen LogP) is 2.96. The topological polar surface area (TPSA) is 33.0 Å². The van der Waals surface area contributed by atoms with Crippen LogP contribution in [0.15, 0.2) is 12.1 Å². The summed E-state index contributed by atoms with van der Waals surface area (Å²) in [5, 5.41) is 8.69. The highest BCUT2D eigenvalue weighted by Gasteiger charge is 2.28. The molecule has 82 valence electrons. The maximum absolute atomic E-state index is 8.69. The molecule has 1 aromatic rings. The minimum atomic E-state index is 0.603. The maximum Gasteiger partial charge on any atom is 0.122 e. The standard InChI is InChI=1S/C14H15NO/c15-8-1-2-10-3-4-11-5-6-13-12(14(10)11)7-9-16-13/h5-6,10H,1-4,7,9H2/t10-/m1/s1. The van der Waals surface area contributed by atoms with Crippen molar-refractivity contribution in [2.75, 3.05) is 6.61 Å². The zero-order chi connectivity index (χ0) is 11.0. The Morgan fingerprint density at radius 3 is 3.19 bits per heavy atom. The summed E-state index contributed by atoms with van der Waals surface area (Å²) in [5.41, 5.74) is 4.44. The van der Waals surface area contributed by atoms with E-state index < -0.39 is 0 Å². The van der Waals surface area contributed by atoms with Gasteiger partial charge in [0.25, 0.3) is 0 Å². The van der Waals surface area contributed by atoms with Gasteiger partial charge in [0, 0.05) is 18.4 Å². The van der Waals surface area contributed by atoms with Crippen LogP contribution in [0.2, 0.25) is 0 Å². The van der Waals surface area contributed by atoms with Gasteiger partial charge in [-0.1, -0.05) is 6.07 Å². The Hall–Kier alpha value is -1.49. The Labute approximate surface area is 95.8 Å². The molecule has 2 nitrogen and oxygen atoms in total. The van der Waals surface area contributed by atoms with E-state index in [1.807, 2.05) is 0 Å². The molecule has 1 aromatic carbocycles. The summed E-state index contributed by atoms with van der Waals surface area (Å²) in [5.74, 6) is 1.69. The molecule has 0 saturated carbocycles. The number of rotatable bonds is 2. The number of hydrogen-bond donors (Lipinski definition) is 0. The van der Waals surface area contributed by atoms with Crippen molar-refractivity contribution in [3.05, 3.63) is 28.8 Å². The summed E-state index contributed by atoms with van der Waals surface area (Å²) < 4.78 is 5.61. The van der Waals surface area contributed by atoms with Gasteiger partial charge in [0.2, 0.25) is 0 Å². The van der Waals surface area contributed by atoms with Crippen LogP contribution in [-0.2, 0) is 12.8 Å². The van der Waals surface area contributed by atoms with Crippen molar-refractivity contribution in [3.63, 3.8) is 0 Å². The van der Waals surface area contributed by atoms with Crippen LogP contribution in [0.4, 0.5) is 0 Å². The van der Waals surface area contributed by atoms with Crippen molar-refractivity contribution in [1.82, 2.24) is 0 Å². The van der Waals surface area contributed by atoms with E-state index in [1.54, 1.807) is 0 Å². The number of nitriles is 1. The van der Waals surface area contributed by atoms with Crippen molar-refractivity contribution in [2.24, 2.45) is 0 Å². The van der Waals surface area contributed by atoms with Crippen molar-refractivity contribution in [1.29, 1.82) is 5.26 Å². The van der Waals surface area contributed by atoms with Crippen LogP contribution < -0.4 is 4.74 Å². The first-order chi connectivity index (χ1) is 7.90. The lowest BCUT2D eigenvalue weighted by Gasteiger charge is -2.13. The molecule has 0 amide bonds. The van der Waals surface area contributed by atoms with Gasteiger partial charge in [0.15, 0.2) is 0 Å². The van der Waals surface area contributed by atoms with Gasteiger partial charge in [0.1, 0.15) is 5.75 Å². The second-order valence-electron chi connectivity index (χ2n) is 4.65. The Morgan fingerprint density at radius 2 is 2.31 bits per heavy atom. The van der Waals surface area contributed by atoms with Gasteiger partial charge in [0.05, 0.1) is 12.7 Å². The molecule has 2 aliphatic rings. The van der Waals surface area contributed by atoms with Crippen molar-refractivity contribution < 1.29 is 4.74 Å². The molecule has 0 unspecified atom stereocenters. The van der Waals surface area contributed by atoms with Crippen molar-refractivity contribution in [3.8, 4) is 11.8 Å². The van der Waals surface area contributed by atoms with Gasteiger partial charge >= 0.3 is 0 Å². The number of nitrogens with zero attached hydrogens (tertiary/aromatic N) is 1. The first-order valence-corrected chi connectivity index (χ1v) is 6.04. The molecule has 16 heavy (non-hydrogen) atoms. The van der Waals surface area contributed by atoms with Gasteiger partial charge < -0.3 is 4.74 Å². The van der Waals surface area contributed by atoms with Crippen LogP contribution >= 0.6 is 0 Å². The first-order valence-electron chi connectivity index (χ1n) is 6.04. The minimum absolute atomic E-state index is 0.603. The largest absolute Gasteiger partial charge is 0.493 e. The van der Waals surface area contributed by atoms with Crippen LogP contribution in [0.1, 0.15) is 41.9 Å². The fraction of sp³-hybridized carbons (Fsp3) is 0.500. The maximum atomic E-state index is 8.69. The highest BCUT2D eigenvalue weighted by atomic mass is 16.5. The van der Waals surface area contributed by atoms with E-state index in [9.17, 15) is 0 Å². The van der Waals surface area contributed by atoms with Crippen LogP contribution in [0.25, 0.3) is 0 Å². The van der Waals surface area contributed by atoms with Gasteiger partial charge in [-0.25, -0.2) is 0 Å². The molecular formula is C14H15NO. The first kappa shape index (κ1) is 9.72. The lowest BCUT2D eigenvalue weighted by Crippen LogP contribution is -1.97. The van der Waals surface area contributed by atoms with Crippen LogP contribution in [0.3, 0.4) is 0 Å². The summed E-state index contributed by atoms with van der Waals surface area (Å²) in [7, 11) is 0. The van der Waals surface area contributed by atoms with Gasteiger partial charge in [-0.3, -0.25) is 0 Å². The number of aryl methyl sites for hydroxylation is 1. The second-order valence-corrected chi connectivity index (χ2v) is 4.65. The molecule has 0 fully saturated rings. The SMILES string of the molecule is N#CCC[C@@H]1CCc2ccc3c(c21)CCO3. The van der Waals surface area contributed by atoms with Crippen molar-refractivity contribution >= 4 is 0 Å². The molecule has 2 heteroatoms. The highest BCUT2D eigenvalue weighted by Crippen LogP contribution is 2.43. The quantitative estimate of drug-likeness (QED) is 0.756. The molecule has 0 aromatic heterocycles. The van der Waals surface area contributed by atoms with Crippen LogP contribution in [0, 0.1) is 11.3 Å². The zero-order valence-electron chi connectivity index (χ0n) is 9.33. The van der Waals surface area contributed by atoms with Crippen LogP contribution in [-0.4, -0.2) is 6.61 Å². The van der Waals surface area contributed by atoms with E-state index in [2.05, 4.69) is 18.2 Å². The van der Waals surface area contributed by atoms with E-state index >= 15 is 0 Å². The molecule has 1 aliphatic heterocycles. The van der Waals surface area contributed by atoms with E-state index in [4.69, 9.17) is 10.00 Å². The molecule has 3 rings (SSSR count). The molecule has 1 aliphatic carbocycles. The van der Waals surface area contributed by atoms with E-state index in [1.165, 1.54) is 29.5 Å². The molecule has 1 heterocycles. The molecule has 1 atom stereocenters. The highest BCUT2D eigenvalue weighted by molar-refractivity contribution is 5.51. The number of ether oxygens (including phenoxy) is 1. The predicted molar refractivity (Wildman–Crippen MR) is 61.6 cm³/mol. The Morgan fingerprint density at radius 1 is 1.38 bits per heavy atom. The average molecular weight is 213 g/mol. The Kier molecular flexibility index (Phi) is 2.32. The third-order valence-corrected chi connectivity index (χ3v) is 3.79. The average Bonchev–Trinajstić information content (AvgIpc) is 2.91. The number of hydrogen-bond acceptors (Lipinski definition) is 2. The molecule has 0 bridgehead atoms. The third-order valence-electron chi connectivity index (χ3n) is 3.79. The monoisotopic (exact) mass is 213 g/mol. The van der Waals surface area contributed by atoms with E-state index in [-0.39, 0.29) is 0 Å². The third kappa shape index (κ3) is 1.39. The van der Waals surface area contributed by atoms with Gasteiger partial charge in [-0.2, -0.15) is 5.26 Å². The second kappa shape index (κ2) is 3.83. The van der Waals surface area contributed by atoms with E-state index in [0.717, 1.165) is 25.2 Å². The molecule has 0 N–H and O–H groups in total. The zero-order valence-corrected chi connectivity index (χ0v) is 9.33. The summed E-state index contributed by atoms with van der Waals surface area (Å²) in [6.07, 6.45) is 5.14. The van der Waals surface area contributed by atoms with Gasteiger partial charge in [-0.15, -0.1) is 0 Å². The fourth-order valence-corrected chi connectivity index (χ4v) is 3.08. The molecule has 0 radical (unpaired) electrons. The summed E-state index contributed by atoms with van der Waals surface area (Å²) >= 11 is 0. The fourth-order valence-electron chi connectivity index (χ4n) is 3.08. The lowest BCUT2D eigenvalue weighted by atomic mass is 9.91. The minimum Gasteiger partial charge on any atom is -0.493 e. The Balaban J connectivity index is 1.98.